The summed E-state index contributed by atoms with van der Waals surface area (Å²) < 4.78 is 0. The summed E-state index contributed by atoms with van der Waals surface area (Å²) in [5.74, 6) is -0.0275. The smallest absolute Gasteiger partial charge is 0.303 e. The molecule has 70 valence electrons. The van der Waals surface area contributed by atoms with Gasteiger partial charge in [-0.15, -0.1) is 0 Å². The standard InChI is InChI=1S/C10H13NO2/c1-6-2-7-4-11-5-9(7)8(6)3-10(12)13/h4-6,8,11H,2-3H2,1H3,(H,12,13). The molecule has 3 heteroatoms. The molecule has 0 saturated heterocycles. The molecule has 1 aromatic rings. The van der Waals surface area contributed by atoms with Gasteiger partial charge in [0, 0.05) is 12.4 Å². The molecular weight excluding hydrogens is 166 g/mol. The maximum absolute atomic E-state index is 10.6. The lowest BCUT2D eigenvalue weighted by molar-refractivity contribution is -0.137. The Morgan fingerprint density at radius 3 is 3.15 bits per heavy atom. The molecule has 3 nitrogen and oxygen atoms in total. The summed E-state index contributed by atoms with van der Waals surface area (Å²) in [6.07, 6.45) is 5.18. The maximum Gasteiger partial charge on any atom is 0.303 e. The van der Waals surface area contributed by atoms with E-state index in [9.17, 15) is 4.79 Å². The van der Waals surface area contributed by atoms with Crippen molar-refractivity contribution in [1.29, 1.82) is 0 Å². The molecule has 0 saturated carbocycles. The Hall–Kier alpha value is -1.25. The van der Waals surface area contributed by atoms with Crippen molar-refractivity contribution in [1.82, 2.24) is 4.98 Å². The van der Waals surface area contributed by atoms with Gasteiger partial charge in [-0.3, -0.25) is 4.79 Å². The van der Waals surface area contributed by atoms with Gasteiger partial charge in [0.15, 0.2) is 0 Å². The van der Waals surface area contributed by atoms with Crippen LogP contribution in [-0.2, 0) is 11.2 Å². The number of carboxylic acid groups (broad SMARTS) is 1. The van der Waals surface area contributed by atoms with E-state index in [0.717, 1.165) is 6.42 Å². The van der Waals surface area contributed by atoms with Gasteiger partial charge in [-0.05, 0) is 29.4 Å². The average Bonchev–Trinajstić information content (AvgIpc) is 2.55. The lowest BCUT2D eigenvalue weighted by atomic mass is 9.92. The molecule has 0 amide bonds. The minimum Gasteiger partial charge on any atom is -0.481 e. The minimum absolute atomic E-state index is 0.207. The van der Waals surface area contributed by atoms with Crippen molar-refractivity contribution >= 4 is 5.97 Å². The Labute approximate surface area is 76.8 Å². The van der Waals surface area contributed by atoms with E-state index in [2.05, 4.69) is 11.9 Å². The van der Waals surface area contributed by atoms with Crippen molar-refractivity contribution in [2.75, 3.05) is 0 Å². The van der Waals surface area contributed by atoms with Crippen molar-refractivity contribution in [2.24, 2.45) is 5.92 Å². The summed E-state index contributed by atoms with van der Waals surface area (Å²) in [6.45, 7) is 2.12. The van der Waals surface area contributed by atoms with Crippen molar-refractivity contribution < 1.29 is 9.90 Å². The van der Waals surface area contributed by atoms with Crippen molar-refractivity contribution in [3.05, 3.63) is 23.5 Å². The SMILES string of the molecule is CC1Cc2c[nH]cc2C1CC(=O)O. The number of aromatic amines is 1. The zero-order valence-electron chi connectivity index (χ0n) is 7.58. The summed E-state index contributed by atoms with van der Waals surface area (Å²) in [5, 5.41) is 8.74. The predicted octanol–water partition coefficient (Wildman–Crippen LogP) is 1.77. The molecular formula is C10H13NO2. The monoisotopic (exact) mass is 179 g/mol. The Morgan fingerprint density at radius 2 is 2.46 bits per heavy atom. The Balaban J connectivity index is 2.24. The van der Waals surface area contributed by atoms with E-state index in [1.165, 1.54) is 11.1 Å². The molecule has 0 radical (unpaired) electrons. The minimum atomic E-state index is -0.703. The first-order valence-electron chi connectivity index (χ1n) is 4.56. The maximum atomic E-state index is 10.6. The number of H-pyrrole nitrogens is 1. The second-order valence-corrected chi connectivity index (χ2v) is 3.82. The van der Waals surface area contributed by atoms with Crippen molar-refractivity contribution in [2.45, 2.75) is 25.7 Å². The van der Waals surface area contributed by atoms with Gasteiger partial charge in [0.25, 0.3) is 0 Å². The van der Waals surface area contributed by atoms with E-state index in [4.69, 9.17) is 5.11 Å². The molecule has 1 aromatic heterocycles. The molecule has 2 atom stereocenters. The molecule has 1 heterocycles. The van der Waals surface area contributed by atoms with Crippen LogP contribution >= 0.6 is 0 Å². The highest BCUT2D eigenvalue weighted by Gasteiger charge is 2.31. The van der Waals surface area contributed by atoms with Crippen LogP contribution in [0.5, 0.6) is 0 Å². The summed E-state index contributed by atoms with van der Waals surface area (Å²) in [4.78, 5) is 13.7. The fourth-order valence-corrected chi connectivity index (χ4v) is 2.22. The number of hydrogen-bond acceptors (Lipinski definition) is 1. The zero-order chi connectivity index (χ0) is 9.42. The third-order valence-corrected chi connectivity index (χ3v) is 2.89. The quantitative estimate of drug-likeness (QED) is 0.726. The van der Waals surface area contributed by atoms with Gasteiger partial charge in [-0.2, -0.15) is 0 Å². The van der Waals surface area contributed by atoms with Crippen LogP contribution in [0.2, 0.25) is 0 Å². The summed E-state index contributed by atoms with van der Waals surface area (Å²) in [6, 6.07) is 0. The van der Waals surface area contributed by atoms with Crippen LogP contribution in [0.15, 0.2) is 12.4 Å². The first-order valence-corrected chi connectivity index (χ1v) is 4.56. The van der Waals surface area contributed by atoms with Crippen LogP contribution < -0.4 is 0 Å². The van der Waals surface area contributed by atoms with Gasteiger partial charge < -0.3 is 10.1 Å². The third kappa shape index (κ3) is 1.34. The second-order valence-electron chi connectivity index (χ2n) is 3.82. The molecule has 2 unspecified atom stereocenters. The van der Waals surface area contributed by atoms with Crippen LogP contribution in [0.3, 0.4) is 0 Å². The number of aliphatic carboxylic acids is 1. The van der Waals surface area contributed by atoms with Crippen LogP contribution in [-0.4, -0.2) is 16.1 Å². The van der Waals surface area contributed by atoms with Gasteiger partial charge in [0.05, 0.1) is 6.42 Å². The second kappa shape index (κ2) is 2.91. The Bertz CT molecular complexity index is 329. The number of hydrogen-bond donors (Lipinski definition) is 2. The van der Waals surface area contributed by atoms with Gasteiger partial charge >= 0.3 is 5.97 Å². The van der Waals surface area contributed by atoms with Crippen LogP contribution in [0.25, 0.3) is 0 Å². The lowest BCUT2D eigenvalue weighted by Crippen LogP contribution is -2.09. The molecule has 1 aliphatic rings. The topological polar surface area (TPSA) is 53.1 Å². The van der Waals surface area contributed by atoms with Crippen molar-refractivity contribution in [3.63, 3.8) is 0 Å². The van der Waals surface area contributed by atoms with E-state index in [1.807, 2.05) is 12.4 Å². The number of rotatable bonds is 2. The fraction of sp³-hybridized carbons (Fsp3) is 0.500. The zero-order valence-corrected chi connectivity index (χ0v) is 7.58. The van der Waals surface area contributed by atoms with Crippen LogP contribution in [0.4, 0.5) is 0 Å². The first-order chi connectivity index (χ1) is 6.18. The Kier molecular flexibility index (Phi) is 1.87. The molecule has 2 N–H and O–H groups in total. The number of carbonyl (C=O) groups is 1. The molecule has 0 aromatic carbocycles. The molecule has 2 rings (SSSR count). The van der Waals surface area contributed by atoms with Gasteiger partial charge in [-0.25, -0.2) is 0 Å². The fourth-order valence-electron chi connectivity index (χ4n) is 2.22. The number of carboxylic acids is 1. The van der Waals surface area contributed by atoms with E-state index in [-0.39, 0.29) is 12.3 Å². The molecule has 0 spiro atoms. The largest absolute Gasteiger partial charge is 0.481 e. The number of nitrogens with one attached hydrogen (secondary N) is 1. The molecule has 13 heavy (non-hydrogen) atoms. The summed E-state index contributed by atoms with van der Waals surface area (Å²) in [5.41, 5.74) is 2.49. The molecule has 0 aliphatic heterocycles. The predicted molar refractivity (Wildman–Crippen MR) is 48.7 cm³/mol. The molecule has 1 aliphatic carbocycles. The highest BCUT2D eigenvalue weighted by atomic mass is 16.4. The average molecular weight is 179 g/mol. The van der Waals surface area contributed by atoms with E-state index in [0.29, 0.717) is 5.92 Å². The highest BCUT2D eigenvalue weighted by molar-refractivity contribution is 5.68. The van der Waals surface area contributed by atoms with E-state index >= 15 is 0 Å². The Morgan fingerprint density at radius 1 is 1.69 bits per heavy atom. The third-order valence-electron chi connectivity index (χ3n) is 2.89. The molecule has 0 bridgehead atoms. The first kappa shape index (κ1) is 8.35. The van der Waals surface area contributed by atoms with Gasteiger partial charge in [0.1, 0.15) is 0 Å². The van der Waals surface area contributed by atoms with Crippen molar-refractivity contribution in [3.8, 4) is 0 Å². The van der Waals surface area contributed by atoms with Gasteiger partial charge in [0.2, 0.25) is 0 Å². The number of aromatic nitrogens is 1. The van der Waals surface area contributed by atoms with Crippen LogP contribution in [0, 0.1) is 5.92 Å². The molecule has 0 fully saturated rings. The number of fused-ring (bicyclic) bond motifs is 1. The summed E-state index contributed by atoms with van der Waals surface area (Å²) >= 11 is 0. The summed E-state index contributed by atoms with van der Waals surface area (Å²) in [7, 11) is 0. The van der Waals surface area contributed by atoms with E-state index < -0.39 is 5.97 Å². The van der Waals surface area contributed by atoms with Gasteiger partial charge in [-0.1, -0.05) is 6.92 Å². The normalized spacial score (nSPS) is 25.9. The lowest BCUT2D eigenvalue weighted by Gasteiger charge is -2.12. The highest BCUT2D eigenvalue weighted by Crippen LogP contribution is 2.39. The van der Waals surface area contributed by atoms with Crippen LogP contribution in [0.1, 0.15) is 30.4 Å². The van der Waals surface area contributed by atoms with E-state index in [1.54, 1.807) is 0 Å².